The Morgan fingerprint density at radius 3 is 2.31 bits per heavy atom. The second-order valence-electron chi connectivity index (χ2n) is 6.17. The molecule has 1 unspecified atom stereocenters. The molecule has 0 aromatic heterocycles. The highest BCUT2D eigenvalue weighted by atomic mass is 15.1. The third-order valence-electron chi connectivity index (χ3n) is 4.11. The average molecular weight is 226 g/mol. The van der Waals surface area contributed by atoms with E-state index < -0.39 is 0 Å². The molecule has 0 aromatic rings. The van der Waals surface area contributed by atoms with Crippen LogP contribution in [-0.4, -0.2) is 37.6 Å². The first-order chi connectivity index (χ1) is 7.50. The molecule has 1 heterocycles. The van der Waals surface area contributed by atoms with Crippen LogP contribution in [0.4, 0.5) is 0 Å². The fourth-order valence-corrected chi connectivity index (χ4v) is 2.84. The van der Waals surface area contributed by atoms with E-state index in [0.29, 0.717) is 5.41 Å². The third-order valence-corrected chi connectivity index (χ3v) is 4.11. The molecule has 1 atom stereocenters. The van der Waals surface area contributed by atoms with E-state index in [1.807, 2.05) is 0 Å². The van der Waals surface area contributed by atoms with E-state index in [-0.39, 0.29) is 0 Å². The van der Waals surface area contributed by atoms with Gasteiger partial charge in [-0.15, -0.1) is 0 Å². The predicted octanol–water partition coefficient (Wildman–Crippen LogP) is 2.60. The summed E-state index contributed by atoms with van der Waals surface area (Å²) in [6, 6.07) is 0. The maximum Gasteiger partial charge on any atom is 0.00531 e. The van der Waals surface area contributed by atoms with Crippen molar-refractivity contribution in [3.8, 4) is 0 Å². The number of nitrogens with one attached hydrogen (secondary N) is 1. The van der Waals surface area contributed by atoms with Crippen LogP contribution in [0.3, 0.4) is 0 Å². The Kier molecular flexibility index (Phi) is 5.26. The summed E-state index contributed by atoms with van der Waals surface area (Å²) >= 11 is 0. The molecule has 1 aliphatic heterocycles. The van der Waals surface area contributed by atoms with Crippen molar-refractivity contribution < 1.29 is 0 Å². The largest absolute Gasteiger partial charge is 0.316 e. The van der Waals surface area contributed by atoms with Crippen LogP contribution in [0.5, 0.6) is 0 Å². The number of hydrogen-bond acceptors (Lipinski definition) is 2. The molecule has 0 saturated carbocycles. The molecule has 2 nitrogen and oxygen atoms in total. The van der Waals surface area contributed by atoms with Gasteiger partial charge in [0, 0.05) is 19.6 Å². The lowest BCUT2D eigenvalue weighted by Gasteiger charge is -2.38. The molecule has 0 aromatic carbocycles. The van der Waals surface area contributed by atoms with Crippen LogP contribution < -0.4 is 5.32 Å². The number of hydrogen-bond donors (Lipinski definition) is 1. The van der Waals surface area contributed by atoms with Crippen molar-refractivity contribution >= 4 is 0 Å². The fraction of sp³-hybridized carbons (Fsp3) is 1.00. The van der Waals surface area contributed by atoms with Crippen molar-refractivity contribution in [3.05, 3.63) is 0 Å². The highest BCUT2D eigenvalue weighted by molar-refractivity contribution is 4.92. The lowest BCUT2D eigenvalue weighted by atomic mass is 9.76. The molecular formula is C14H30N2. The zero-order valence-corrected chi connectivity index (χ0v) is 11.8. The van der Waals surface area contributed by atoms with Gasteiger partial charge in [-0.05, 0) is 36.8 Å². The first-order valence-electron chi connectivity index (χ1n) is 6.93. The minimum atomic E-state index is 0.519. The first kappa shape index (κ1) is 14.0. The molecule has 1 N–H and O–H groups in total. The van der Waals surface area contributed by atoms with E-state index in [4.69, 9.17) is 0 Å². The quantitative estimate of drug-likeness (QED) is 0.749. The second-order valence-corrected chi connectivity index (χ2v) is 6.17. The van der Waals surface area contributed by atoms with Crippen LogP contribution in [0.25, 0.3) is 0 Å². The molecule has 1 rings (SSSR count). The van der Waals surface area contributed by atoms with Crippen LogP contribution in [0.15, 0.2) is 0 Å². The molecule has 0 spiro atoms. The Hall–Kier alpha value is -0.0800. The number of rotatable bonds is 6. The van der Waals surface area contributed by atoms with E-state index in [0.717, 1.165) is 11.8 Å². The van der Waals surface area contributed by atoms with Gasteiger partial charge in [0.15, 0.2) is 0 Å². The molecule has 0 amide bonds. The maximum absolute atomic E-state index is 3.55. The molecule has 0 aliphatic carbocycles. The Labute approximate surface area is 102 Å². The molecule has 96 valence electrons. The van der Waals surface area contributed by atoms with Gasteiger partial charge in [0.1, 0.15) is 0 Å². The van der Waals surface area contributed by atoms with Gasteiger partial charge < -0.3 is 10.2 Å². The Bertz CT molecular complexity index is 193. The van der Waals surface area contributed by atoms with Crippen LogP contribution in [0.2, 0.25) is 0 Å². The Balaban J connectivity index is 2.59. The van der Waals surface area contributed by atoms with E-state index in [1.54, 1.807) is 0 Å². The van der Waals surface area contributed by atoms with Crippen LogP contribution >= 0.6 is 0 Å². The van der Waals surface area contributed by atoms with Gasteiger partial charge in [-0.2, -0.15) is 0 Å². The van der Waals surface area contributed by atoms with Gasteiger partial charge in [0.05, 0.1) is 0 Å². The van der Waals surface area contributed by atoms with Crippen molar-refractivity contribution in [1.29, 1.82) is 0 Å². The minimum absolute atomic E-state index is 0.519. The summed E-state index contributed by atoms with van der Waals surface area (Å²) in [6.07, 6.45) is 1.35. The maximum atomic E-state index is 3.55. The zero-order chi connectivity index (χ0) is 12.2. The summed E-state index contributed by atoms with van der Waals surface area (Å²) in [4.78, 5) is 2.64. The predicted molar refractivity (Wildman–Crippen MR) is 71.7 cm³/mol. The Morgan fingerprint density at radius 1 is 1.25 bits per heavy atom. The van der Waals surface area contributed by atoms with Gasteiger partial charge in [0.2, 0.25) is 0 Å². The molecule has 0 radical (unpaired) electrons. The highest BCUT2D eigenvalue weighted by Gasteiger charge is 2.38. The van der Waals surface area contributed by atoms with E-state index in [1.165, 1.54) is 39.1 Å². The highest BCUT2D eigenvalue weighted by Crippen LogP contribution is 2.35. The summed E-state index contributed by atoms with van der Waals surface area (Å²) in [5.74, 6) is 1.56. The summed E-state index contributed by atoms with van der Waals surface area (Å²) in [5, 5.41) is 3.55. The molecular weight excluding hydrogens is 196 g/mol. The molecule has 1 fully saturated rings. The Morgan fingerprint density at radius 2 is 1.94 bits per heavy atom. The monoisotopic (exact) mass is 226 g/mol. The van der Waals surface area contributed by atoms with Gasteiger partial charge in [-0.1, -0.05) is 34.6 Å². The molecule has 1 saturated heterocycles. The van der Waals surface area contributed by atoms with Crippen LogP contribution in [0, 0.1) is 17.3 Å². The topological polar surface area (TPSA) is 15.3 Å². The summed E-state index contributed by atoms with van der Waals surface area (Å²) in [7, 11) is 0. The van der Waals surface area contributed by atoms with E-state index in [2.05, 4.69) is 44.8 Å². The van der Waals surface area contributed by atoms with Crippen molar-refractivity contribution in [2.24, 2.45) is 17.3 Å². The summed E-state index contributed by atoms with van der Waals surface area (Å²) in [6.45, 7) is 17.8. The second kappa shape index (κ2) is 6.02. The van der Waals surface area contributed by atoms with Crippen LogP contribution in [-0.2, 0) is 0 Å². The van der Waals surface area contributed by atoms with Crippen LogP contribution in [0.1, 0.15) is 41.0 Å². The normalized spacial score (nSPS) is 26.2. The molecule has 16 heavy (non-hydrogen) atoms. The summed E-state index contributed by atoms with van der Waals surface area (Å²) in [5.41, 5.74) is 0.519. The van der Waals surface area contributed by atoms with Crippen molar-refractivity contribution in [2.45, 2.75) is 41.0 Å². The van der Waals surface area contributed by atoms with E-state index >= 15 is 0 Å². The fourth-order valence-electron chi connectivity index (χ4n) is 2.84. The lowest BCUT2D eigenvalue weighted by molar-refractivity contribution is 0.112. The minimum Gasteiger partial charge on any atom is -0.316 e. The smallest absolute Gasteiger partial charge is 0.00531 e. The van der Waals surface area contributed by atoms with Gasteiger partial charge >= 0.3 is 0 Å². The first-order valence-corrected chi connectivity index (χ1v) is 6.93. The average Bonchev–Trinajstić information content (AvgIpc) is 2.66. The van der Waals surface area contributed by atoms with Crippen molar-refractivity contribution in [2.75, 3.05) is 32.7 Å². The van der Waals surface area contributed by atoms with Gasteiger partial charge in [-0.25, -0.2) is 0 Å². The van der Waals surface area contributed by atoms with Gasteiger partial charge in [0.25, 0.3) is 0 Å². The third kappa shape index (κ3) is 3.46. The van der Waals surface area contributed by atoms with Crippen molar-refractivity contribution in [1.82, 2.24) is 10.2 Å². The SMILES string of the molecule is CCN(CC(C)C)CC1(C(C)C)CCNC1. The lowest BCUT2D eigenvalue weighted by Crippen LogP contribution is -2.43. The van der Waals surface area contributed by atoms with Gasteiger partial charge in [-0.3, -0.25) is 0 Å². The molecule has 1 aliphatic rings. The molecule has 2 heteroatoms. The zero-order valence-electron chi connectivity index (χ0n) is 11.8. The molecule has 0 bridgehead atoms. The van der Waals surface area contributed by atoms with Crippen molar-refractivity contribution in [3.63, 3.8) is 0 Å². The summed E-state index contributed by atoms with van der Waals surface area (Å²) < 4.78 is 0. The number of nitrogens with zero attached hydrogens (tertiary/aromatic N) is 1. The van der Waals surface area contributed by atoms with E-state index in [9.17, 15) is 0 Å². The standard InChI is InChI=1S/C14H30N2/c1-6-16(9-12(2)3)11-14(13(4)5)7-8-15-10-14/h12-13,15H,6-11H2,1-5H3.